The smallest absolute Gasteiger partial charge is 0.409 e. The standard InChI is InChI=1S/C14H25N3O3/c1-5-20-14(19)17-8-6-16(7-9-17)13(18)15-10-12(4)11(2)3/h10-11H,5-9H2,1-4H3,(H,15,18)/b12-10+. The fourth-order valence-corrected chi connectivity index (χ4v) is 1.74. The minimum absolute atomic E-state index is 0.117. The molecule has 1 aliphatic rings. The summed E-state index contributed by atoms with van der Waals surface area (Å²) in [5.74, 6) is 0.413. The van der Waals surface area contributed by atoms with Crippen molar-refractivity contribution >= 4 is 12.1 Å². The zero-order chi connectivity index (χ0) is 15.1. The molecule has 0 radical (unpaired) electrons. The molecule has 0 aromatic heterocycles. The predicted molar refractivity (Wildman–Crippen MR) is 77.3 cm³/mol. The number of hydrogen-bond donors (Lipinski definition) is 1. The molecule has 0 bridgehead atoms. The first-order valence-electron chi connectivity index (χ1n) is 7.09. The lowest BCUT2D eigenvalue weighted by molar-refractivity contribution is 0.0856. The highest BCUT2D eigenvalue weighted by Gasteiger charge is 2.24. The van der Waals surface area contributed by atoms with Gasteiger partial charge in [-0.25, -0.2) is 9.59 Å². The zero-order valence-corrected chi connectivity index (χ0v) is 12.8. The van der Waals surface area contributed by atoms with Gasteiger partial charge < -0.3 is 19.9 Å². The highest BCUT2D eigenvalue weighted by molar-refractivity contribution is 5.76. The molecule has 1 rings (SSSR count). The molecule has 0 saturated carbocycles. The Morgan fingerprint density at radius 2 is 1.75 bits per heavy atom. The minimum atomic E-state index is -0.303. The summed E-state index contributed by atoms with van der Waals surface area (Å²) in [5.41, 5.74) is 1.13. The number of piperazine rings is 1. The number of nitrogens with zero attached hydrogens (tertiary/aromatic N) is 2. The van der Waals surface area contributed by atoms with Crippen LogP contribution in [0.1, 0.15) is 27.7 Å². The second kappa shape index (κ2) is 7.77. The molecule has 0 aliphatic carbocycles. The van der Waals surface area contributed by atoms with E-state index in [-0.39, 0.29) is 12.1 Å². The lowest BCUT2D eigenvalue weighted by Crippen LogP contribution is -2.52. The average Bonchev–Trinajstić information content (AvgIpc) is 2.44. The molecule has 6 nitrogen and oxygen atoms in total. The van der Waals surface area contributed by atoms with Crippen LogP contribution in [-0.2, 0) is 4.74 Å². The van der Waals surface area contributed by atoms with Crippen LogP contribution in [0.3, 0.4) is 0 Å². The van der Waals surface area contributed by atoms with Crippen molar-refractivity contribution in [3.05, 3.63) is 11.8 Å². The Labute approximate surface area is 120 Å². The molecule has 1 saturated heterocycles. The Balaban J connectivity index is 2.39. The maximum absolute atomic E-state index is 12.0. The third kappa shape index (κ3) is 4.75. The van der Waals surface area contributed by atoms with E-state index in [1.165, 1.54) is 0 Å². The molecule has 1 aliphatic heterocycles. The second-order valence-corrected chi connectivity index (χ2v) is 5.17. The van der Waals surface area contributed by atoms with E-state index in [2.05, 4.69) is 19.2 Å². The summed E-state index contributed by atoms with van der Waals surface area (Å²) in [7, 11) is 0. The third-order valence-electron chi connectivity index (χ3n) is 3.43. The van der Waals surface area contributed by atoms with Crippen molar-refractivity contribution in [1.29, 1.82) is 0 Å². The zero-order valence-electron chi connectivity index (χ0n) is 12.8. The van der Waals surface area contributed by atoms with E-state index < -0.39 is 0 Å². The summed E-state index contributed by atoms with van der Waals surface area (Å²) in [6.07, 6.45) is 1.45. The highest BCUT2D eigenvalue weighted by atomic mass is 16.6. The third-order valence-corrected chi connectivity index (χ3v) is 3.43. The van der Waals surface area contributed by atoms with Crippen molar-refractivity contribution in [2.75, 3.05) is 32.8 Å². The van der Waals surface area contributed by atoms with Crippen LogP contribution in [0.25, 0.3) is 0 Å². The van der Waals surface area contributed by atoms with Crippen LogP contribution in [0.2, 0.25) is 0 Å². The van der Waals surface area contributed by atoms with Crippen molar-refractivity contribution < 1.29 is 14.3 Å². The maximum Gasteiger partial charge on any atom is 0.409 e. The maximum atomic E-state index is 12.0. The largest absolute Gasteiger partial charge is 0.450 e. The molecule has 0 aromatic carbocycles. The van der Waals surface area contributed by atoms with Crippen molar-refractivity contribution in [1.82, 2.24) is 15.1 Å². The predicted octanol–water partition coefficient (Wildman–Crippen LogP) is 2.03. The van der Waals surface area contributed by atoms with Gasteiger partial charge in [0.2, 0.25) is 0 Å². The monoisotopic (exact) mass is 283 g/mol. The number of carbonyl (C=O) groups excluding carboxylic acids is 2. The van der Waals surface area contributed by atoms with E-state index in [9.17, 15) is 9.59 Å². The fraction of sp³-hybridized carbons (Fsp3) is 0.714. The first-order chi connectivity index (χ1) is 9.45. The molecule has 1 fully saturated rings. The molecule has 0 aromatic rings. The van der Waals surface area contributed by atoms with Crippen LogP contribution in [0.5, 0.6) is 0 Å². The van der Waals surface area contributed by atoms with Crippen LogP contribution >= 0.6 is 0 Å². The van der Waals surface area contributed by atoms with Gasteiger partial charge >= 0.3 is 12.1 Å². The summed E-state index contributed by atoms with van der Waals surface area (Å²) in [4.78, 5) is 26.8. The quantitative estimate of drug-likeness (QED) is 0.862. The number of urea groups is 1. The molecular formula is C14H25N3O3. The Hall–Kier alpha value is -1.72. The molecule has 114 valence electrons. The fourth-order valence-electron chi connectivity index (χ4n) is 1.74. The number of nitrogens with one attached hydrogen (secondary N) is 1. The van der Waals surface area contributed by atoms with E-state index in [1.807, 2.05) is 6.92 Å². The average molecular weight is 283 g/mol. The van der Waals surface area contributed by atoms with Gasteiger partial charge in [0.05, 0.1) is 6.61 Å². The van der Waals surface area contributed by atoms with Gasteiger partial charge in [0.15, 0.2) is 0 Å². The van der Waals surface area contributed by atoms with Crippen molar-refractivity contribution in [2.24, 2.45) is 5.92 Å². The van der Waals surface area contributed by atoms with Crippen LogP contribution in [0.15, 0.2) is 11.8 Å². The van der Waals surface area contributed by atoms with Gasteiger partial charge in [-0.3, -0.25) is 0 Å². The van der Waals surface area contributed by atoms with Crippen molar-refractivity contribution in [3.63, 3.8) is 0 Å². The van der Waals surface area contributed by atoms with Gasteiger partial charge in [0.25, 0.3) is 0 Å². The van der Waals surface area contributed by atoms with E-state index in [0.29, 0.717) is 38.7 Å². The van der Waals surface area contributed by atoms with Gasteiger partial charge in [-0.15, -0.1) is 0 Å². The van der Waals surface area contributed by atoms with Gasteiger partial charge in [-0.1, -0.05) is 19.4 Å². The van der Waals surface area contributed by atoms with Crippen LogP contribution in [0, 0.1) is 5.92 Å². The molecule has 0 atom stereocenters. The molecule has 0 spiro atoms. The van der Waals surface area contributed by atoms with E-state index in [0.717, 1.165) is 5.57 Å². The Bertz CT molecular complexity index is 372. The molecule has 0 unspecified atom stereocenters. The first-order valence-corrected chi connectivity index (χ1v) is 7.09. The minimum Gasteiger partial charge on any atom is -0.450 e. The van der Waals surface area contributed by atoms with Crippen LogP contribution in [-0.4, -0.2) is 54.7 Å². The SMILES string of the molecule is CCOC(=O)N1CCN(C(=O)N/C=C(\C)C(C)C)CC1. The molecule has 20 heavy (non-hydrogen) atoms. The Kier molecular flexibility index (Phi) is 6.35. The molecule has 1 heterocycles. The topological polar surface area (TPSA) is 61.9 Å². The highest BCUT2D eigenvalue weighted by Crippen LogP contribution is 2.07. The first kappa shape index (κ1) is 16.3. The molecule has 1 N–H and O–H groups in total. The molecule has 6 heteroatoms. The normalized spacial score (nSPS) is 16.4. The van der Waals surface area contributed by atoms with Crippen LogP contribution in [0.4, 0.5) is 9.59 Å². The second-order valence-electron chi connectivity index (χ2n) is 5.17. The van der Waals surface area contributed by atoms with E-state index in [4.69, 9.17) is 4.74 Å². The summed E-state index contributed by atoms with van der Waals surface area (Å²) < 4.78 is 4.94. The summed E-state index contributed by atoms with van der Waals surface area (Å²) >= 11 is 0. The van der Waals surface area contributed by atoms with Crippen molar-refractivity contribution in [3.8, 4) is 0 Å². The van der Waals surface area contributed by atoms with E-state index in [1.54, 1.807) is 22.9 Å². The van der Waals surface area contributed by atoms with E-state index >= 15 is 0 Å². The summed E-state index contributed by atoms with van der Waals surface area (Å²) in [6, 6.07) is -0.117. The molecular weight excluding hydrogens is 258 g/mol. The number of hydrogen-bond acceptors (Lipinski definition) is 3. The Morgan fingerprint density at radius 1 is 1.20 bits per heavy atom. The van der Waals surface area contributed by atoms with Gasteiger partial charge in [0.1, 0.15) is 0 Å². The number of carbonyl (C=O) groups is 2. The number of ether oxygens (including phenoxy) is 1. The van der Waals surface area contributed by atoms with Gasteiger partial charge in [-0.05, 0) is 19.8 Å². The van der Waals surface area contributed by atoms with Crippen LogP contribution < -0.4 is 5.32 Å². The van der Waals surface area contributed by atoms with Gasteiger partial charge in [0, 0.05) is 32.4 Å². The number of allylic oxidation sites excluding steroid dienone is 1. The Morgan fingerprint density at radius 3 is 2.25 bits per heavy atom. The summed E-state index contributed by atoms with van der Waals surface area (Å²) in [6.45, 7) is 10.4. The molecule has 3 amide bonds. The lowest BCUT2D eigenvalue weighted by Gasteiger charge is -2.33. The number of rotatable bonds is 3. The lowest BCUT2D eigenvalue weighted by atomic mass is 10.1. The number of amides is 3. The van der Waals surface area contributed by atoms with Gasteiger partial charge in [-0.2, -0.15) is 0 Å². The van der Waals surface area contributed by atoms with Crippen molar-refractivity contribution in [2.45, 2.75) is 27.7 Å². The summed E-state index contributed by atoms with van der Waals surface area (Å²) in [5, 5.41) is 2.79.